The SMILES string of the molecule is Cc1cc(Br)ccc1NS(=O)(=O)C1CCCC1. The molecule has 1 aromatic rings. The van der Waals surface area contributed by atoms with E-state index in [9.17, 15) is 8.42 Å². The van der Waals surface area contributed by atoms with E-state index in [4.69, 9.17) is 0 Å². The summed E-state index contributed by atoms with van der Waals surface area (Å²) in [7, 11) is -3.21. The van der Waals surface area contributed by atoms with Gasteiger partial charge in [-0.2, -0.15) is 0 Å². The molecule has 17 heavy (non-hydrogen) atoms. The molecule has 0 aromatic heterocycles. The van der Waals surface area contributed by atoms with Crippen molar-refractivity contribution in [1.82, 2.24) is 0 Å². The summed E-state index contributed by atoms with van der Waals surface area (Å²) in [4.78, 5) is 0. The molecule has 0 aliphatic heterocycles. The third kappa shape index (κ3) is 3.01. The number of sulfonamides is 1. The second kappa shape index (κ2) is 4.98. The normalized spacial score (nSPS) is 17.3. The van der Waals surface area contributed by atoms with Crippen molar-refractivity contribution in [2.45, 2.75) is 37.9 Å². The van der Waals surface area contributed by atoms with Gasteiger partial charge < -0.3 is 0 Å². The van der Waals surface area contributed by atoms with Gasteiger partial charge in [0.15, 0.2) is 0 Å². The van der Waals surface area contributed by atoms with Crippen molar-refractivity contribution >= 4 is 31.6 Å². The van der Waals surface area contributed by atoms with E-state index in [0.29, 0.717) is 5.69 Å². The van der Waals surface area contributed by atoms with E-state index in [-0.39, 0.29) is 5.25 Å². The molecule has 1 fully saturated rings. The molecule has 1 aliphatic carbocycles. The van der Waals surface area contributed by atoms with Gasteiger partial charge in [0, 0.05) is 4.47 Å². The quantitative estimate of drug-likeness (QED) is 0.928. The predicted octanol–water partition coefficient (Wildman–Crippen LogP) is 3.44. The average molecular weight is 318 g/mol. The van der Waals surface area contributed by atoms with Crippen molar-refractivity contribution < 1.29 is 8.42 Å². The third-order valence-corrected chi connectivity index (χ3v) is 5.53. The van der Waals surface area contributed by atoms with Gasteiger partial charge in [0.2, 0.25) is 10.0 Å². The van der Waals surface area contributed by atoms with Gasteiger partial charge in [-0.3, -0.25) is 4.72 Å². The summed E-state index contributed by atoms with van der Waals surface area (Å²) in [5.41, 5.74) is 1.61. The highest BCUT2D eigenvalue weighted by Crippen LogP contribution is 2.28. The summed E-state index contributed by atoms with van der Waals surface area (Å²) < 4.78 is 27.9. The maximum absolute atomic E-state index is 12.1. The molecule has 0 unspecified atom stereocenters. The number of hydrogen-bond acceptors (Lipinski definition) is 2. The largest absolute Gasteiger partial charge is 0.283 e. The van der Waals surface area contributed by atoms with Gasteiger partial charge in [-0.25, -0.2) is 8.42 Å². The Morgan fingerprint density at radius 3 is 2.53 bits per heavy atom. The van der Waals surface area contributed by atoms with E-state index in [1.165, 1.54) is 0 Å². The Hall–Kier alpha value is -0.550. The van der Waals surface area contributed by atoms with Gasteiger partial charge >= 0.3 is 0 Å². The molecule has 1 aliphatic rings. The molecule has 1 saturated carbocycles. The molecular weight excluding hydrogens is 302 g/mol. The first-order valence-electron chi connectivity index (χ1n) is 5.77. The van der Waals surface area contributed by atoms with Crippen LogP contribution in [-0.2, 0) is 10.0 Å². The number of hydrogen-bond donors (Lipinski definition) is 1. The van der Waals surface area contributed by atoms with Crippen LogP contribution in [0, 0.1) is 6.92 Å². The minimum Gasteiger partial charge on any atom is -0.283 e. The van der Waals surface area contributed by atoms with Crippen LogP contribution in [0.1, 0.15) is 31.2 Å². The molecule has 0 amide bonds. The van der Waals surface area contributed by atoms with Crippen LogP contribution in [-0.4, -0.2) is 13.7 Å². The summed E-state index contributed by atoms with van der Waals surface area (Å²) in [5.74, 6) is 0. The molecule has 0 bridgehead atoms. The van der Waals surface area contributed by atoms with Crippen LogP contribution in [0.15, 0.2) is 22.7 Å². The first-order valence-corrected chi connectivity index (χ1v) is 8.11. The smallest absolute Gasteiger partial charge is 0.235 e. The van der Waals surface area contributed by atoms with Crippen LogP contribution < -0.4 is 4.72 Å². The molecule has 94 valence electrons. The number of aryl methyl sites for hydroxylation is 1. The summed E-state index contributed by atoms with van der Waals surface area (Å²) in [6.45, 7) is 1.90. The van der Waals surface area contributed by atoms with Crippen molar-refractivity contribution in [2.75, 3.05) is 4.72 Å². The van der Waals surface area contributed by atoms with Crippen molar-refractivity contribution in [3.63, 3.8) is 0 Å². The van der Waals surface area contributed by atoms with E-state index in [0.717, 1.165) is 35.7 Å². The Labute approximate surface area is 111 Å². The van der Waals surface area contributed by atoms with Crippen LogP contribution in [0.3, 0.4) is 0 Å². The van der Waals surface area contributed by atoms with E-state index in [2.05, 4.69) is 20.7 Å². The number of rotatable bonds is 3. The lowest BCUT2D eigenvalue weighted by Crippen LogP contribution is -2.25. The molecule has 3 nitrogen and oxygen atoms in total. The van der Waals surface area contributed by atoms with Crippen LogP contribution >= 0.6 is 15.9 Å². The van der Waals surface area contributed by atoms with Gasteiger partial charge in [-0.15, -0.1) is 0 Å². The number of benzene rings is 1. The van der Waals surface area contributed by atoms with E-state index >= 15 is 0 Å². The lowest BCUT2D eigenvalue weighted by atomic mass is 10.2. The van der Waals surface area contributed by atoms with Crippen LogP contribution in [0.2, 0.25) is 0 Å². The lowest BCUT2D eigenvalue weighted by Gasteiger charge is -2.15. The molecule has 0 radical (unpaired) electrons. The molecular formula is C12H16BrNO2S. The first kappa shape index (κ1) is 12.9. The topological polar surface area (TPSA) is 46.2 Å². The zero-order valence-electron chi connectivity index (χ0n) is 9.74. The average Bonchev–Trinajstić information content (AvgIpc) is 2.76. The van der Waals surface area contributed by atoms with E-state index in [1.807, 2.05) is 19.1 Å². The fraction of sp³-hybridized carbons (Fsp3) is 0.500. The zero-order valence-corrected chi connectivity index (χ0v) is 12.1. The summed E-state index contributed by atoms with van der Waals surface area (Å²) in [6.07, 6.45) is 3.60. The molecule has 0 atom stereocenters. The standard InChI is InChI=1S/C12H16BrNO2S/c1-9-8-10(13)6-7-12(9)14-17(15,16)11-4-2-3-5-11/h6-8,11,14H,2-5H2,1H3. The molecule has 1 aromatic carbocycles. The van der Waals surface area contributed by atoms with Gasteiger partial charge in [-0.05, 0) is 43.5 Å². The Kier molecular flexibility index (Phi) is 3.78. The summed E-state index contributed by atoms with van der Waals surface area (Å²) in [5, 5.41) is -0.217. The Balaban J connectivity index is 2.19. The summed E-state index contributed by atoms with van der Waals surface area (Å²) in [6, 6.07) is 5.55. The third-order valence-electron chi connectivity index (χ3n) is 3.18. The fourth-order valence-electron chi connectivity index (χ4n) is 2.18. The van der Waals surface area contributed by atoms with Gasteiger partial charge in [0.25, 0.3) is 0 Å². The van der Waals surface area contributed by atoms with Crippen LogP contribution in [0.25, 0.3) is 0 Å². The highest BCUT2D eigenvalue weighted by molar-refractivity contribution is 9.10. The molecule has 2 rings (SSSR count). The number of anilines is 1. The molecule has 1 N–H and O–H groups in total. The first-order chi connectivity index (χ1) is 7.99. The summed E-state index contributed by atoms with van der Waals surface area (Å²) >= 11 is 3.36. The Morgan fingerprint density at radius 1 is 1.29 bits per heavy atom. The minimum atomic E-state index is -3.21. The Morgan fingerprint density at radius 2 is 1.94 bits per heavy atom. The van der Waals surface area contributed by atoms with Crippen molar-refractivity contribution in [1.29, 1.82) is 0 Å². The molecule has 0 spiro atoms. The molecule has 5 heteroatoms. The van der Waals surface area contributed by atoms with E-state index in [1.54, 1.807) is 6.07 Å². The van der Waals surface area contributed by atoms with Crippen LogP contribution in [0.4, 0.5) is 5.69 Å². The maximum atomic E-state index is 12.1. The van der Waals surface area contributed by atoms with Gasteiger partial charge in [0.05, 0.1) is 10.9 Å². The second-order valence-electron chi connectivity index (χ2n) is 4.51. The van der Waals surface area contributed by atoms with Crippen LogP contribution in [0.5, 0.6) is 0 Å². The highest BCUT2D eigenvalue weighted by Gasteiger charge is 2.28. The lowest BCUT2D eigenvalue weighted by molar-refractivity contribution is 0.585. The van der Waals surface area contributed by atoms with Crippen molar-refractivity contribution in [2.24, 2.45) is 0 Å². The second-order valence-corrected chi connectivity index (χ2v) is 7.39. The van der Waals surface area contributed by atoms with Gasteiger partial charge in [-0.1, -0.05) is 28.8 Å². The maximum Gasteiger partial charge on any atom is 0.235 e. The van der Waals surface area contributed by atoms with Crippen molar-refractivity contribution in [3.8, 4) is 0 Å². The monoisotopic (exact) mass is 317 g/mol. The molecule has 0 saturated heterocycles. The van der Waals surface area contributed by atoms with Crippen molar-refractivity contribution in [3.05, 3.63) is 28.2 Å². The fourth-order valence-corrected chi connectivity index (χ4v) is 4.31. The minimum absolute atomic E-state index is 0.217. The Bertz CT molecular complexity index is 507. The van der Waals surface area contributed by atoms with Gasteiger partial charge in [0.1, 0.15) is 0 Å². The zero-order chi connectivity index (χ0) is 12.5. The van der Waals surface area contributed by atoms with E-state index < -0.39 is 10.0 Å². The number of nitrogens with one attached hydrogen (secondary N) is 1. The highest BCUT2D eigenvalue weighted by atomic mass is 79.9. The predicted molar refractivity (Wildman–Crippen MR) is 73.7 cm³/mol. The number of halogens is 1. The molecule has 0 heterocycles.